The molecule has 0 rings (SSSR count). The van der Waals surface area contributed by atoms with Gasteiger partial charge in [-0.15, -0.1) is 0 Å². The first kappa shape index (κ1) is 24.4. The molecular weight excluding hydrogens is 358 g/mol. The fraction of sp³-hybridized carbons (Fsp3) is 0.588. The second-order valence-electron chi connectivity index (χ2n) is 5.50. The number of nitrogens with one attached hydrogen (secondary N) is 2. The molecule has 0 saturated heterocycles. The zero-order valence-corrected chi connectivity index (χ0v) is 15.6. The first-order chi connectivity index (χ1) is 12.9. The van der Waals surface area contributed by atoms with Crippen LogP contribution in [0.15, 0.2) is 12.2 Å². The van der Waals surface area contributed by atoms with E-state index in [0.29, 0.717) is 32.3 Å². The van der Waals surface area contributed by atoms with Crippen molar-refractivity contribution in [3.63, 3.8) is 0 Å². The van der Waals surface area contributed by atoms with Crippen molar-refractivity contribution in [2.24, 2.45) is 0 Å². The van der Waals surface area contributed by atoms with Crippen LogP contribution in [0.25, 0.3) is 0 Å². The molecule has 10 nitrogen and oxygen atoms in total. The largest absolute Gasteiger partial charge is 0.379 e. The highest BCUT2D eigenvalue weighted by Crippen LogP contribution is 1.89. The molecule has 0 aromatic rings. The van der Waals surface area contributed by atoms with Crippen LogP contribution in [0.4, 0.5) is 0 Å². The maximum Gasteiger partial charge on any atom is 0.246 e. The predicted molar refractivity (Wildman–Crippen MR) is 95.8 cm³/mol. The van der Waals surface area contributed by atoms with Gasteiger partial charge in [-0.3, -0.25) is 19.2 Å². The quantitative estimate of drug-likeness (QED) is 0.198. The summed E-state index contributed by atoms with van der Waals surface area (Å²) in [7, 11) is 1.59. The second-order valence-corrected chi connectivity index (χ2v) is 5.50. The molecular formula is C17H27N3O7. The summed E-state index contributed by atoms with van der Waals surface area (Å²) in [5.74, 6) is -1.07. The fourth-order valence-corrected chi connectivity index (χ4v) is 1.65. The Bertz CT molecular complexity index is 523. The summed E-state index contributed by atoms with van der Waals surface area (Å²) in [6, 6.07) is -0.594. The minimum atomic E-state index is -0.594. The van der Waals surface area contributed by atoms with Crippen LogP contribution in [-0.2, 0) is 33.4 Å². The molecule has 0 fully saturated rings. The van der Waals surface area contributed by atoms with Gasteiger partial charge in [-0.05, 0) is 13.0 Å². The van der Waals surface area contributed by atoms with Gasteiger partial charge in [0.05, 0.1) is 39.0 Å². The predicted octanol–water partition coefficient (Wildman–Crippen LogP) is -1.56. The Balaban J connectivity index is 3.58. The molecule has 0 radical (unpaired) electrons. The average molecular weight is 385 g/mol. The summed E-state index contributed by atoms with van der Waals surface area (Å²) in [6.07, 6.45) is 3.52. The number of allylic oxidation sites excluding steroid dienone is 1. The van der Waals surface area contributed by atoms with Crippen LogP contribution in [0.3, 0.4) is 0 Å². The molecule has 0 heterocycles. The minimum absolute atomic E-state index is 0.0941. The van der Waals surface area contributed by atoms with Crippen LogP contribution in [0.5, 0.6) is 0 Å². The van der Waals surface area contributed by atoms with Crippen molar-refractivity contribution in [3.05, 3.63) is 12.2 Å². The summed E-state index contributed by atoms with van der Waals surface area (Å²) in [5.41, 5.74) is 0. The number of carbonyl (C=O) groups is 5. The molecule has 152 valence electrons. The van der Waals surface area contributed by atoms with E-state index in [-0.39, 0.29) is 38.0 Å². The van der Waals surface area contributed by atoms with Crippen molar-refractivity contribution < 1.29 is 33.4 Å². The Morgan fingerprint density at radius 2 is 1.70 bits per heavy atom. The van der Waals surface area contributed by atoms with E-state index in [2.05, 4.69) is 10.6 Å². The molecule has 0 aliphatic carbocycles. The standard InChI is InChI=1S/C17H27N3O7/c1-14(13-22)19-16(24)12-18-15(23)5-8-26-10-11-27-9-6-20(2)17(25)4-3-7-21/h3-4,7,13-14H,5-6,8-12H2,1-2H3,(H,18,23)(H,19,24)/b4-3-/t14-/m0/s1. The van der Waals surface area contributed by atoms with E-state index in [9.17, 15) is 24.0 Å². The lowest BCUT2D eigenvalue weighted by molar-refractivity contribution is -0.127. The summed E-state index contributed by atoms with van der Waals surface area (Å²) in [6.45, 7) is 2.78. The molecule has 0 aliphatic heterocycles. The topological polar surface area (TPSA) is 131 Å². The van der Waals surface area contributed by atoms with Gasteiger partial charge in [0.25, 0.3) is 0 Å². The summed E-state index contributed by atoms with van der Waals surface area (Å²) in [5, 5.41) is 4.81. The normalized spacial score (nSPS) is 11.6. The molecule has 0 spiro atoms. The van der Waals surface area contributed by atoms with Gasteiger partial charge in [0, 0.05) is 26.1 Å². The highest BCUT2D eigenvalue weighted by molar-refractivity contribution is 5.90. The highest BCUT2D eigenvalue weighted by Gasteiger charge is 2.08. The van der Waals surface area contributed by atoms with E-state index in [1.807, 2.05) is 0 Å². The highest BCUT2D eigenvalue weighted by atomic mass is 16.5. The molecule has 27 heavy (non-hydrogen) atoms. The van der Waals surface area contributed by atoms with Gasteiger partial charge in [0.1, 0.15) is 12.6 Å². The summed E-state index contributed by atoms with van der Waals surface area (Å²) >= 11 is 0. The van der Waals surface area contributed by atoms with E-state index in [4.69, 9.17) is 9.47 Å². The molecule has 0 bridgehead atoms. The maximum absolute atomic E-state index is 11.5. The average Bonchev–Trinajstić information content (AvgIpc) is 2.65. The van der Waals surface area contributed by atoms with E-state index in [1.54, 1.807) is 7.05 Å². The molecule has 0 aromatic heterocycles. The first-order valence-electron chi connectivity index (χ1n) is 8.44. The number of rotatable bonds is 15. The van der Waals surface area contributed by atoms with Gasteiger partial charge >= 0.3 is 0 Å². The third kappa shape index (κ3) is 14.3. The van der Waals surface area contributed by atoms with E-state index in [0.717, 1.165) is 6.08 Å². The van der Waals surface area contributed by atoms with E-state index < -0.39 is 11.9 Å². The van der Waals surface area contributed by atoms with Crippen molar-refractivity contribution in [2.75, 3.05) is 46.6 Å². The molecule has 2 N–H and O–H groups in total. The van der Waals surface area contributed by atoms with Crippen molar-refractivity contribution in [1.29, 1.82) is 0 Å². The number of amides is 3. The van der Waals surface area contributed by atoms with Crippen LogP contribution >= 0.6 is 0 Å². The van der Waals surface area contributed by atoms with Crippen LogP contribution in [0.2, 0.25) is 0 Å². The molecule has 0 saturated carbocycles. The van der Waals surface area contributed by atoms with Crippen molar-refractivity contribution in [2.45, 2.75) is 19.4 Å². The van der Waals surface area contributed by atoms with Crippen LogP contribution < -0.4 is 10.6 Å². The molecule has 0 unspecified atom stereocenters. The molecule has 3 amide bonds. The number of carbonyl (C=O) groups excluding carboxylic acids is 5. The first-order valence-corrected chi connectivity index (χ1v) is 8.44. The number of hydrogen-bond donors (Lipinski definition) is 2. The van der Waals surface area contributed by atoms with Gasteiger partial charge in [0.2, 0.25) is 17.7 Å². The van der Waals surface area contributed by atoms with Gasteiger partial charge in [-0.25, -0.2) is 0 Å². The summed E-state index contributed by atoms with van der Waals surface area (Å²) < 4.78 is 10.5. The van der Waals surface area contributed by atoms with Crippen LogP contribution in [0, 0.1) is 0 Å². The number of ether oxygens (including phenoxy) is 2. The lowest BCUT2D eigenvalue weighted by Gasteiger charge is -2.14. The Morgan fingerprint density at radius 1 is 1.04 bits per heavy atom. The molecule has 0 aliphatic rings. The zero-order chi connectivity index (χ0) is 20.5. The van der Waals surface area contributed by atoms with Gasteiger partial charge in [-0.1, -0.05) is 0 Å². The number of hydrogen-bond acceptors (Lipinski definition) is 7. The lowest BCUT2D eigenvalue weighted by Crippen LogP contribution is -2.41. The van der Waals surface area contributed by atoms with Gasteiger partial charge in [0.15, 0.2) is 0 Å². The minimum Gasteiger partial charge on any atom is -0.379 e. The Kier molecular flexibility index (Phi) is 14.1. The van der Waals surface area contributed by atoms with Gasteiger partial charge < -0.3 is 29.8 Å². The van der Waals surface area contributed by atoms with Gasteiger partial charge in [-0.2, -0.15) is 0 Å². The molecule has 10 heteroatoms. The molecule has 0 aromatic carbocycles. The Morgan fingerprint density at radius 3 is 2.33 bits per heavy atom. The number of likely N-dealkylation sites (N-methyl/N-ethyl adjacent to an activating group) is 1. The lowest BCUT2D eigenvalue weighted by atomic mass is 10.3. The van der Waals surface area contributed by atoms with Crippen LogP contribution in [0.1, 0.15) is 13.3 Å². The number of aldehydes is 2. The second kappa shape index (κ2) is 15.6. The van der Waals surface area contributed by atoms with E-state index >= 15 is 0 Å². The van der Waals surface area contributed by atoms with E-state index in [1.165, 1.54) is 17.9 Å². The Hall–Kier alpha value is -2.59. The van der Waals surface area contributed by atoms with Crippen molar-refractivity contribution >= 4 is 30.3 Å². The van der Waals surface area contributed by atoms with Crippen LogP contribution in [-0.4, -0.2) is 87.8 Å². The Labute approximate surface area is 158 Å². The monoisotopic (exact) mass is 385 g/mol. The SMILES string of the molecule is C[C@@H](C=O)NC(=O)CNC(=O)CCOCCOCCN(C)C(=O)/C=C\C=O. The third-order valence-electron chi connectivity index (χ3n) is 3.15. The maximum atomic E-state index is 11.5. The zero-order valence-electron chi connectivity index (χ0n) is 15.6. The fourth-order valence-electron chi connectivity index (χ4n) is 1.65. The number of nitrogens with zero attached hydrogens (tertiary/aromatic N) is 1. The summed E-state index contributed by atoms with van der Waals surface area (Å²) in [4.78, 5) is 56.3. The third-order valence-corrected chi connectivity index (χ3v) is 3.15. The van der Waals surface area contributed by atoms with Crippen molar-refractivity contribution in [1.82, 2.24) is 15.5 Å². The molecule has 1 atom stereocenters. The smallest absolute Gasteiger partial charge is 0.246 e. The van der Waals surface area contributed by atoms with Crippen molar-refractivity contribution in [3.8, 4) is 0 Å².